The molecule has 0 saturated carbocycles. The largest absolute Gasteiger partial charge is 0.359 e. The molecule has 28 heavy (non-hydrogen) atoms. The van der Waals surface area contributed by atoms with Gasteiger partial charge in [-0.3, -0.25) is 14.6 Å². The second-order valence-electron chi connectivity index (χ2n) is 6.70. The van der Waals surface area contributed by atoms with Crippen LogP contribution in [-0.4, -0.2) is 25.8 Å². The lowest BCUT2D eigenvalue weighted by atomic mass is 10.1. The van der Waals surface area contributed by atoms with E-state index in [4.69, 9.17) is 0 Å². The molecule has 0 aliphatic carbocycles. The minimum atomic E-state index is -0.321. The number of carbonyl (C=O) groups is 1. The first-order chi connectivity index (χ1) is 13.5. The first-order valence-corrected chi connectivity index (χ1v) is 8.89. The van der Waals surface area contributed by atoms with Crippen molar-refractivity contribution in [2.75, 3.05) is 5.32 Å². The van der Waals surface area contributed by atoms with Crippen molar-refractivity contribution in [3.8, 4) is 11.4 Å². The van der Waals surface area contributed by atoms with E-state index in [9.17, 15) is 9.59 Å². The van der Waals surface area contributed by atoms with E-state index in [-0.39, 0.29) is 17.9 Å². The lowest BCUT2D eigenvalue weighted by Gasteiger charge is -2.08. The number of amides is 1. The number of carbonyl (C=O) groups excluding carboxylic acids is 1. The molecule has 0 spiro atoms. The van der Waals surface area contributed by atoms with E-state index in [1.807, 2.05) is 37.3 Å². The third kappa shape index (κ3) is 3.55. The van der Waals surface area contributed by atoms with Crippen molar-refractivity contribution >= 4 is 22.5 Å². The number of hydrogen-bond donors (Lipinski definition) is 3. The zero-order valence-corrected chi connectivity index (χ0v) is 15.5. The van der Waals surface area contributed by atoms with E-state index >= 15 is 0 Å². The number of nitrogens with one attached hydrogen (secondary N) is 3. The van der Waals surface area contributed by atoms with Gasteiger partial charge in [-0.1, -0.05) is 0 Å². The Morgan fingerprint density at radius 3 is 2.75 bits per heavy atom. The SMILES string of the molecule is Cc1cc2cc(NC(=O)Cc3c(C)nc(-c4cccnc4)[nH]c3=O)ccc2[nH]1. The minimum absolute atomic E-state index is 0.0499. The monoisotopic (exact) mass is 373 g/mol. The summed E-state index contributed by atoms with van der Waals surface area (Å²) >= 11 is 0. The van der Waals surface area contributed by atoms with Gasteiger partial charge in [-0.15, -0.1) is 0 Å². The summed E-state index contributed by atoms with van der Waals surface area (Å²) in [6.07, 6.45) is 3.23. The Morgan fingerprint density at radius 2 is 2.00 bits per heavy atom. The lowest BCUT2D eigenvalue weighted by molar-refractivity contribution is -0.115. The van der Waals surface area contributed by atoms with Gasteiger partial charge in [0.1, 0.15) is 5.82 Å². The second-order valence-corrected chi connectivity index (χ2v) is 6.70. The van der Waals surface area contributed by atoms with Crippen LogP contribution in [0, 0.1) is 13.8 Å². The molecule has 0 atom stereocenters. The summed E-state index contributed by atoms with van der Waals surface area (Å²) in [6, 6.07) is 11.3. The number of aromatic nitrogens is 4. The molecular formula is C21H19N5O2. The molecular weight excluding hydrogens is 354 g/mol. The third-order valence-corrected chi connectivity index (χ3v) is 4.53. The summed E-state index contributed by atoms with van der Waals surface area (Å²) in [5.74, 6) is 0.171. The molecule has 0 aliphatic heterocycles. The summed E-state index contributed by atoms with van der Waals surface area (Å²) < 4.78 is 0. The Kier molecular flexibility index (Phi) is 4.49. The Balaban J connectivity index is 1.54. The van der Waals surface area contributed by atoms with Crippen molar-refractivity contribution in [1.29, 1.82) is 0 Å². The van der Waals surface area contributed by atoms with Gasteiger partial charge in [0, 0.05) is 51.5 Å². The third-order valence-electron chi connectivity index (χ3n) is 4.53. The van der Waals surface area contributed by atoms with E-state index in [1.165, 1.54) is 0 Å². The minimum Gasteiger partial charge on any atom is -0.359 e. The first kappa shape index (κ1) is 17.7. The highest BCUT2D eigenvalue weighted by Crippen LogP contribution is 2.20. The number of benzene rings is 1. The molecule has 7 nitrogen and oxygen atoms in total. The van der Waals surface area contributed by atoms with E-state index in [0.717, 1.165) is 16.6 Å². The van der Waals surface area contributed by atoms with Gasteiger partial charge in [-0.25, -0.2) is 4.98 Å². The van der Waals surface area contributed by atoms with Crippen LogP contribution in [0.3, 0.4) is 0 Å². The van der Waals surface area contributed by atoms with Gasteiger partial charge in [0.15, 0.2) is 0 Å². The highest BCUT2D eigenvalue weighted by molar-refractivity contribution is 5.95. The molecule has 0 radical (unpaired) electrons. The zero-order valence-electron chi connectivity index (χ0n) is 15.5. The Labute approximate surface area is 160 Å². The maximum absolute atomic E-state index is 12.5. The molecule has 0 unspecified atom stereocenters. The first-order valence-electron chi connectivity index (χ1n) is 8.89. The fraction of sp³-hybridized carbons (Fsp3) is 0.143. The van der Waals surface area contributed by atoms with Gasteiger partial charge in [-0.2, -0.15) is 0 Å². The second kappa shape index (κ2) is 7.11. The fourth-order valence-electron chi connectivity index (χ4n) is 3.18. The van der Waals surface area contributed by atoms with Gasteiger partial charge in [0.05, 0.1) is 6.42 Å². The Morgan fingerprint density at radius 1 is 1.14 bits per heavy atom. The summed E-state index contributed by atoms with van der Waals surface area (Å²) in [5.41, 5.74) is 4.02. The summed E-state index contributed by atoms with van der Waals surface area (Å²) in [5, 5.41) is 3.87. The number of rotatable bonds is 4. The number of aryl methyl sites for hydroxylation is 2. The van der Waals surface area contributed by atoms with Crippen molar-refractivity contribution in [1.82, 2.24) is 19.9 Å². The van der Waals surface area contributed by atoms with Crippen LogP contribution in [0.1, 0.15) is 17.0 Å². The molecule has 3 heterocycles. The number of nitrogens with zero attached hydrogens (tertiary/aromatic N) is 2. The van der Waals surface area contributed by atoms with E-state index in [1.54, 1.807) is 25.4 Å². The normalized spacial score (nSPS) is 10.9. The summed E-state index contributed by atoms with van der Waals surface area (Å²) in [7, 11) is 0. The van der Waals surface area contributed by atoms with Gasteiger partial charge >= 0.3 is 0 Å². The molecule has 4 rings (SSSR count). The number of pyridine rings is 1. The number of aromatic amines is 2. The molecule has 0 aliphatic rings. The zero-order chi connectivity index (χ0) is 19.7. The molecule has 1 amide bonds. The Bertz CT molecular complexity index is 1220. The van der Waals surface area contributed by atoms with Crippen LogP contribution in [0.25, 0.3) is 22.3 Å². The predicted molar refractivity (Wildman–Crippen MR) is 108 cm³/mol. The van der Waals surface area contributed by atoms with Crippen molar-refractivity contribution in [3.05, 3.63) is 76.1 Å². The van der Waals surface area contributed by atoms with E-state index in [0.29, 0.717) is 28.3 Å². The van der Waals surface area contributed by atoms with Crippen LogP contribution in [-0.2, 0) is 11.2 Å². The average molecular weight is 373 g/mol. The van der Waals surface area contributed by atoms with Gasteiger partial charge in [0.2, 0.25) is 5.91 Å². The molecule has 1 aromatic carbocycles. The van der Waals surface area contributed by atoms with Crippen LogP contribution in [0.15, 0.2) is 53.6 Å². The number of hydrogen-bond acceptors (Lipinski definition) is 4. The number of fused-ring (bicyclic) bond motifs is 1. The number of H-pyrrole nitrogens is 2. The highest BCUT2D eigenvalue weighted by atomic mass is 16.2. The van der Waals surface area contributed by atoms with Crippen molar-refractivity contribution in [2.45, 2.75) is 20.3 Å². The highest BCUT2D eigenvalue weighted by Gasteiger charge is 2.14. The van der Waals surface area contributed by atoms with Gasteiger partial charge < -0.3 is 15.3 Å². The summed E-state index contributed by atoms with van der Waals surface area (Å²) in [4.78, 5) is 39.4. The fourth-order valence-corrected chi connectivity index (χ4v) is 3.18. The van der Waals surface area contributed by atoms with Crippen molar-refractivity contribution in [3.63, 3.8) is 0 Å². The quantitative estimate of drug-likeness (QED) is 0.511. The van der Waals surface area contributed by atoms with Crippen molar-refractivity contribution < 1.29 is 4.79 Å². The van der Waals surface area contributed by atoms with Crippen LogP contribution in [0.5, 0.6) is 0 Å². The predicted octanol–water partition coefficient (Wildman–Crippen LogP) is 3.11. The molecule has 3 aromatic heterocycles. The summed E-state index contributed by atoms with van der Waals surface area (Å²) in [6.45, 7) is 3.71. The molecule has 0 saturated heterocycles. The Hall–Kier alpha value is -3.74. The van der Waals surface area contributed by atoms with Crippen LogP contribution >= 0.6 is 0 Å². The van der Waals surface area contributed by atoms with Crippen LogP contribution in [0.4, 0.5) is 5.69 Å². The standard InChI is InChI=1S/C21H19N5O2/c1-12-8-15-9-16(5-6-18(15)23-12)25-19(27)10-17-13(2)24-20(26-21(17)28)14-4-3-7-22-11-14/h3-9,11,23H,10H2,1-2H3,(H,25,27)(H,24,26,28). The molecule has 0 bridgehead atoms. The number of anilines is 1. The maximum atomic E-state index is 12.5. The average Bonchev–Trinajstić information content (AvgIpc) is 3.04. The molecule has 0 fully saturated rings. The van der Waals surface area contributed by atoms with Gasteiger partial charge in [0.25, 0.3) is 5.56 Å². The molecule has 7 heteroatoms. The molecule has 4 aromatic rings. The van der Waals surface area contributed by atoms with Crippen LogP contribution < -0.4 is 10.9 Å². The van der Waals surface area contributed by atoms with Crippen LogP contribution in [0.2, 0.25) is 0 Å². The van der Waals surface area contributed by atoms with Gasteiger partial charge in [-0.05, 0) is 50.2 Å². The molecule has 3 N–H and O–H groups in total. The molecule has 140 valence electrons. The maximum Gasteiger partial charge on any atom is 0.255 e. The van der Waals surface area contributed by atoms with E-state index < -0.39 is 0 Å². The van der Waals surface area contributed by atoms with Crippen molar-refractivity contribution in [2.24, 2.45) is 0 Å². The lowest BCUT2D eigenvalue weighted by Crippen LogP contribution is -2.23. The smallest absolute Gasteiger partial charge is 0.255 e. The van der Waals surface area contributed by atoms with E-state index in [2.05, 4.69) is 25.3 Å². The topological polar surface area (TPSA) is 104 Å².